The lowest BCUT2D eigenvalue weighted by Crippen LogP contribution is -2.39. The molecule has 7 nitrogen and oxygen atoms in total. The predicted octanol–water partition coefficient (Wildman–Crippen LogP) is 2.44. The van der Waals surface area contributed by atoms with Gasteiger partial charge in [-0.05, 0) is 43.5 Å². The number of hydrogen-bond donors (Lipinski definition) is 2. The van der Waals surface area contributed by atoms with Crippen LogP contribution in [0.5, 0.6) is 5.75 Å². The summed E-state index contributed by atoms with van der Waals surface area (Å²) in [6.45, 7) is 6.68. The van der Waals surface area contributed by atoms with Crippen molar-refractivity contribution in [3.63, 3.8) is 0 Å². The van der Waals surface area contributed by atoms with Crippen LogP contribution in [0.2, 0.25) is 0 Å². The Balaban J connectivity index is 1.80. The Morgan fingerprint density at radius 3 is 2.59 bits per heavy atom. The van der Waals surface area contributed by atoms with Gasteiger partial charge in [-0.1, -0.05) is 12.1 Å². The molecule has 7 heteroatoms. The van der Waals surface area contributed by atoms with Gasteiger partial charge in [0.2, 0.25) is 0 Å². The lowest BCUT2D eigenvalue weighted by Gasteiger charge is -2.13. The van der Waals surface area contributed by atoms with E-state index >= 15 is 0 Å². The number of aryl methyl sites for hydroxylation is 1. The average Bonchev–Trinajstić information content (AvgIpc) is 3.22. The Kier molecular flexibility index (Phi) is 9.81. The highest BCUT2D eigenvalue weighted by molar-refractivity contribution is 5.79. The quantitative estimate of drug-likeness (QED) is 0.340. The van der Waals surface area contributed by atoms with Gasteiger partial charge >= 0.3 is 0 Å². The van der Waals surface area contributed by atoms with E-state index in [1.165, 1.54) is 0 Å². The molecule has 148 valence electrons. The molecule has 1 aromatic heterocycles. The minimum absolute atomic E-state index is 0.615. The molecule has 0 bridgehead atoms. The van der Waals surface area contributed by atoms with Crippen molar-refractivity contribution >= 4 is 5.96 Å². The molecule has 0 unspecified atom stereocenters. The maximum atomic E-state index is 5.38. The number of ether oxygens (including phenoxy) is 2. The molecule has 0 saturated heterocycles. The summed E-state index contributed by atoms with van der Waals surface area (Å²) in [4.78, 5) is 4.69. The maximum absolute atomic E-state index is 5.38. The van der Waals surface area contributed by atoms with Gasteiger partial charge in [-0.15, -0.1) is 0 Å². The Morgan fingerprint density at radius 1 is 1.15 bits per heavy atom. The zero-order valence-corrected chi connectivity index (χ0v) is 16.4. The highest BCUT2D eigenvalue weighted by Crippen LogP contribution is 2.11. The van der Waals surface area contributed by atoms with E-state index < -0.39 is 0 Å². The van der Waals surface area contributed by atoms with Crippen molar-refractivity contribution in [2.45, 2.75) is 32.9 Å². The summed E-state index contributed by atoms with van der Waals surface area (Å²) in [6, 6.07) is 9.92. The molecule has 0 aliphatic carbocycles. The van der Waals surface area contributed by atoms with Crippen molar-refractivity contribution in [1.82, 2.24) is 20.4 Å². The number of nitrogens with zero attached hydrogens (tertiary/aromatic N) is 3. The highest BCUT2D eigenvalue weighted by atomic mass is 16.5. The molecule has 2 rings (SSSR count). The van der Waals surface area contributed by atoms with Crippen molar-refractivity contribution in [1.29, 1.82) is 0 Å². The molecular weight excluding hydrogens is 342 g/mol. The highest BCUT2D eigenvalue weighted by Gasteiger charge is 2.00. The number of hydrogen-bond acceptors (Lipinski definition) is 4. The molecular formula is C20H31N5O2. The monoisotopic (exact) mass is 373 g/mol. The van der Waals surface area contributed by atoms with Gasteiger partial charge in [0.1, 0.15) is 5.75 Å². The number of rotatable bonds is 12. The van der Waals surface area contributed by atoms with Crippen molar-refractivity contribution in [2.75, 3.05) is 33.4 Å². The van der Waals surface area contributed by atoms with Crippen LogP contribution in [0, 0.1) is 0 Å². The summed E-state index contributed by atoms with van der Waals surface area (Å²) >= 11 is 0. The van der Waals surface area contributed by atoms with E-state index in [1.807, 2.05) is 48.1 Å². The van der Waals surface area contributed by atoms with Crippen LogP contribution in [0.15, 0.2) is 47.7 Å². The first-order chi connectivity index (χ1) is 13.3. The zero-order valence-electron chi connectivity index (χ0n) is 16.4. The Morgan fingerprint density at radius 2 is 1.93 bits per heavy atom. The zero-order chi connectivity index (χ0) is 19.2. The number of aromatic nitrogens is 2. The second-order valence-corrected chi connectivity index (χ2v) is 6.04. The van der Waals surface area contributed by atoms with Gasteiger partial charge in [0.05, 0.1) is 13.7 Å². The van der Waals surface area contributed by atoms with E-state index in [0.29, 0.717) is 6.54 Å². The minimum Gasteiger partial charge on any atom is -0.497 e. The fourth-order valence-corrected chi connectivity index (χ4v) is 2.48. The maximum Gasteiger partial charge on any atom is 0.191 e. The van der Waals surface area contributed by atoms with Crippen LogP contribution in [0.4, 0.5) is 0 Å². The van der Waals surface area contributed by atoms with E-state index in [1.54, 1.807) is 13.3 Å². The van der Waals surface area contributed by atoms with Gasteiger partial charge in [-0.2, -0.15) is 5.10 Å². The molecule has 0 spiro atoms. The largest absolute Gasteiger partial charge is 0.497 e. The fourth-order valence-electron chi connectivity index (χ4n) is 2.48. The molecule has 2 N–H and O–H groups in total. The second-order valence-electron chi connectivity index (χ2n) is 6.04. The molecule has 2 aromatic rings. The van der Waals surface area contributed by atoms with Gasteiger partial charge in [-0.25, -0.2) is 4.99 Å². The van der Waals surface area contributed by atoms with E-state index in [2.05, 4.69) is 15.7 Å². The van der Waals surface area contributed by atoms with Crippen molar-refractivity contribution < 1.29 is 9.47 Å². The Hall–Kier alpha value is -2.54. The molecule has 1 heterocycles. The number of guanidine groups is 1. The van der Waals surface area contributed by atoms with Gasteiger partial charge in [-0.3, -0.25) is 4.68 Å². The normalized spacial score (nSPS) is 11.4. The molecule has 0 aliphatic heterocycles. The third-order valence-electron chi connectivity index (χ3n) is 3.96. The van der Waals surface area contributed by atoms with Crippen molar-refractivity contribution in [3.8, 4) is 5.75 Å². The summed E-state index contributed by atoms with van der Waals surface area (Å²) in [5.74, 6) is 1.68. The first-order valence-corrected chi connectivity index (χ1v) is 9.52. The van der Waals surface area contributed by atoms with Crippen LogP contribution in [0.3, 0.4) is 0 Å². The lowest BCUT2D eigenvalue weighted by molar-refractivity contribution is 0.145. The fraction of sp³-hybridized carbons (Fsp3) is 0.500. The van der Waals surface area contributed by atoms with Crippen LogP contribution >= 0.6 is 0 Å². The van der Waals surface area contributed by atoms with Crippen LogP contribution < -0.4 is 15.4 Å². The molecule has 0 saturated carbocycles. The molecule has 27 heavy (non-hydrogen) atoms. The second kappa shape index (κ2) is 12.8. The topological polar surface area (TPSA) is 72.7 Å². The summed E-state index contributed by atoms with van der Waals surface area (Å²) in [5, 5.41) is 11.0. The number of benzene rings is 1. The van der Waals surface area contributed by atoms with E-state index in [-0.39, 0.29) is 0 Å². The predicted molar refractivity (Wildman–Crippen MR) is 108 cm³/mol. The third-order valence-corrected chi connectivity index (χ3v) is 3.96. The van der Waals surface area contributed by atoms with Gasteiger partial charge in [0.15, 0.2) is 5.96 Å². The van der Waals surface area contributed by atoms with Crippen LogP contribution in [0.25, 0.3) is 0 Å². The molecule has 0 fully saturated rings. The number of methoxy groups -OCH3 is 1. The first-order valence-electron chi connectivity index (χ1n) is 9.52. The molecule has 1 aromatic carbocycles. The first kappa shape index (κ1) is 20.8. The molecule has 0 aliphatic rings. The molecule has 0 atom stereocenters. The summed E-state index contributed by atoms with van der Waals surface area (Å²) in [7, 11) is 1.67. The molecule has 0 radical (unpaired) electrons. The standard InChI is InChI=1S/C20H31N5O2/c1-3-27-16-6-12-22-20(21-11-4-14-25-15-5-13-24-25)23-17-18-7-9-19(26-2)10-8-18/h5,7-10,13,15H,3-4,6,11-12,14,16-17H2,1-2H3,(H2,21,22,23). The SMILES string of the molecule is CCOCCCNC(=NCc1ccc(OC)cc1)NCCCn1cccn1. The molecule has 0 amide bonds. The number of nitrogens with one attached hydrogen (secondary N) is 2. The van der Waals surface area contributed by atoms with E-state index in [9.17, 15) is 0 Å². The van der Waals surface area contributed by atoms with Crippen LogP contribution in [0.1, 0.15) is 25.3 Å². The van der Waals surface area contributed by atoms with Crippen LogP contribution in [-0.4, -0.2) is 49.2 Å². The summed E-state index contributed by atoms with van der Waals surface area (Å²) in [5.41, 5.74) is 1.14. The minimum atomic E-state index is 0.615. The summed E-state index contributed by atoms with van der Waals surface area (Å²) < 4.78 is 12.5. The lowest BCUT2D eigenvalue weighted by atomic mass is 10.2. The van der Waals surface area contributed by atoms with Gasteiger partial charge < -0.3 is 20.1 Å². The average molecular weight is 374 g/mol. The van der Waals surface area contributed by atoms with Gasteiger partial charge in [0, 0.05) is 45.2 Å². The van der Waals surface area contributed by atoms with E-state index in [0.717, 1.165) is 63.0 Å². The Labute approximate surface area is 161 Å². The van der Waals surface area contributed by atoms with E-state index in [4.69, 9.17) is 14.5 Å². The third kappa shape index (κ3) is 8.59. The van der Waals surface area contributed by atoms with Gasteiger partial charge in [0.25, 0.3) is 0 Å². The smallest absolute Gasteiger partial charge is 0.191 e. The number of aliphatic imine (C=N–C) groups is 1. The van der Waals surface area contributed by atoms with Crippen molar-refractivity contribution in [2.24, 2.45) is 4.99 Å². The van der Waals surface area contributed by atoms with Crippen LogP contribution in [-0.2, 0) is 17.8 Å². The Bertz CT molecular complexity index is 641. The van der Waals surface area contributed by atoms with Crippen molar-refractivity contribution in [3.05, 3.63) is 48.3 Å². The summed E-state index contributed by atoms with van der Waals surface area (Å²) in [6.07, 6.45) is 5.70.